The van der Waals surface area contributed by atoms with Crippen LogP contribution >= 0.6 is 0 Å². The van der Waals surface area contributed by atoms with E-state index in [4.69, 9.17) is 4.42 Å². The van der Waals surface area contributed by atoms with Gasteiger partial charge in [0.15, 0.2) is 17.9 Å². The van der Waals surface area contributed by atoms with Crippen molar-refractivity contribution in [2.24, 2.45) is 0 Å². The molecule has 1 aromatic rings. The molecule has 1 amide bonds. The summed E-state index contributed by atoms with van der Waals surface area (Å²) in [5.74, 6) is 0.820. The quantitative estimate of drug-likeness (QED) is 0.715. The molecule has 5 heteroatoms. The minimum absolute atomic E-state index is 0.0298. The third-order valence-corrected chi connectivity index (χ3v) is 2.28. The summed E-state index contributed by atoms with van der Waals surface area (Å²) in [7, 11) is 0. The Labute approximate surface area is 87.0 Å². The van der Waals surface area contributed by atoms with E-state index in [0.717, 1.165) is 0 Å². The third kappa shape index (κ3) is 2.01. The van der Waals surface area contributed by atoms with Gasteiger partial charge in [0.25, 0.3) is 0 Å². The summed E-state index contributed by atoms with van der Waals surface area (Å²) in [4.78, 5) is 23.5. The highest BCUT2D eigenvalue weighted by Gasteiger charge is 2.23. The Morgan fingerprint density at radius 3 is 3.00 bits per heavy atom. The SMILES string of the molecule is CC1CN(c2ccc(C=O)o2)CC(=O)N1. The number of nitrogens with zero attached hydrogens (tertiary/aromatic N) is 1. The molecule has 1 fully saturated rings. The topological polar surface area (TPSA) is 62.6 Å². The van der Waals surface area contributed by atoms with Crippen LogP contribution in [0.25, 0.3) is 0 Å². The molecule has 0 spiro atoms. The Balaban J connectivity index is 2.15. The highest BCUT2D eigenvalue weighted by molar-refractivity contribution is 5.82. The van der Waals surface area contributed by atoms with E-state index in [-0.39, 0.29) is 24.3 Å². The maximum absolute atomic E-state index is 11.3. The lowest BCUT2D eigenvalue weighted by Gasteiger charge is -2.30. The van der Waals surface area contributed by atoms with Crippen LogP contribution in [0.5, 0.6) is 0 Å². The highest BCUT2D eigenvalue weighted by Crippen LogP contribution is 2.18. The van der Waals surface area contributed by atoms with Gasteiger partial charge in [-0.1, -0.05) is 0 Å². The molecular formula is C10H12N2O3. The van der Waals surface area contributed by atoms with E-state index in [2.05, 4.69) is 5.32 Å². The van der Waals surface area contributed by atoms with Gasteiger partial charge >= 0.3 is 0 Å². The Morgan fingerprint density at radius 1 is 1.60 bits per heavy atom. The summed E-state index contributed by atoms with van der Waals surface area (Å²) < 4.78 is 5.25. The van der Waals surface area contributed by atoms with Crippen molar-refractivity contribution in [2.75, 3.05) is 18.0 Å². The Hall–Kier alpha value is -1.78. The van der Waals surface area contributed by atoms with Gasteiger partial charge in [-0.3, -0.25) is 9.59 Å². The fourth-order valence-electron chi connectivity index (χ4n) is 1.68. The molecule has 15 heavy (non-hydrogen) atoms. The first-order chi connectivity index (χ1) is 7.19. The normalized spacial score (nSPS) is 21.3. The summed E-state index contributed by atoms with van der Waals surface area (Å²) in [6.07, 6.45) is 0.650. The first-order valence-electron chi connectivity index (χ1n) is 4.78. The lowest BCUT2D eigenvalue weighted by Crippen LogP contribution is -2.52. The Bertz CT molecular complexity index is 386. The van der Waals surface area contributed by atoms with Gasteiger partial charge in [-0.15, -0.1) is 0 Å². The molecule has 5 nitrogen and oxygen atoms in total. The zero-order valence-electron chi connectivity index (χ0n) is 8.40. The summed E-state index contributed by atoms with van der Waals surface area (Å²) in [5.41, 5.74) is 0. The number of carbonyl (C=O) groups is 2. The smallest absolute Gasteiger partial charge is 0.239 e. The van der Waals surface area contributed by atoms with Crippen LogP contribution in [-0.4, -0.2) is 31.3 Å². The molecule has 80 valence electrons. The minimum atomic E-state index is -0.0298. The fraction of sp³-hybridized carbons (Fsp3) is 0.400. The van der Waals surface area contributed by atoms with Crippen molar-refractivity contribution in [1.29, 1.82) is 0 Å². The van der Waals surface area contributed by atoms with Gasteiger partial charge in [0, 0.05) is 18.7 Å². The predicted octanol–water partition coefficient (Wildman–Crippen LogP) is 0.417. The molecule has 1 aliphatic rings. The van der Waals surface area contributed by atoms with E-state index in [1.807, 2.05) is 11.8 Å². The number of nitrogens with one attached hydrogen (secondary N) is 1. The van der Waals surface area contributed by atoms with Gasteiger partial charge in [-0.05, 0) is 13.0 Å². The van der Waals surface area contributed by atoms with Crippen LogP contribution in [-0.2, 0) is 4.79 Å². The molecule has 0 aliphatic carbocycles. The molecule has 1 aromatic heterocycles. The molecular weight excluding hydrogens is 196 g/mol. The van der Waals surface area contributed by atoms with Crippen LogP contribution in [0.3, 0.4) is 0 Å². The van der Waals surface area contributed by atoms with Crippen LogP contribution in [0.2, 0.25) is 0 Å². The maximum atomic E-state index is 11.3. The van der Waals surface area contributed by atoms with Crippen molar-refractivity contribution in [3.63, 3.8) is 0 Å². The molecule has 1 saturated heterocycles. The highest BCUT2D eigenvalue weighted by atomic mass is 16.4. The zero-order chi connectivity index (χ0) is 10.8. The van der Waals surface area contributed by atoms with Crippen molar-refractivity contribution in [3.05, 3.63) is 17.9 Å². The molecule has 0 aromatic carbocycles. The van der Waals surface area contributed by atoms with Crippen molar-refractivity contribution >= 4 is 18.1 Å². The number of hydrogen-bond acceptors (Lipinski definition) is 4. The molecule has 1 aliphatic heterocycles. The van der Waals surface area contributed by atoms with Gasteiger partial charge in [0.1, 0.15) is 0 Å². The van der Waals surface area contributed by atoms with Gasteiger partial charge in [-0.25, -0.2) is 0 Å². The second-order valence-electron chi connectivity index (χ2n) is 3.64. The third-order valence-electron chi connectivity index (χ3n) is 2.28. The molecule has 0 bridgehead atoms. The molecule has 2 rings (SSSR count). The van der Waals surface area contributed by atoms with Crippen LogP contribution in [0, 0.1) is 0 Å². The van der Waals surface area contributed by atoms with E-state index in [9.17, 15) is 9.59 Å². The predicted molar refractivity (Wildman–Crippen MR) is 53.9 cm³/mol. The lowest BCUT2D eigenvalue weighted by atomic mass is 10.2. The number of carbonyl (C=O) groups excluding carboxylic acids is 2. The average molecular weight is 208 g/mol. The fourth-order valence-corrected chi connectivity index (χ4v) is 1.68. The monoisotopic (exact) mass is 208 g/mol. The molecule has 2 heterocycles. The number of rotatable bonds is 2. The van der Waals surface area contributed by atoms with Crippen molar-refractivity contribution < 1.29 is 14.0 Å². The number of amides is 1. The standard InChI is InChI=1S/C10H12N2O3/c1-7-4-12(5-9(14)11-7)10-3-2-8(6-13)15-10/h2-3,6-7H,4-5H2,1H3,(H,11,14). The van der Waals surface area contributed by atoms with Gasteiger partial charge in [0.05, 0.1) is 6.54 Å². The number of piperazine rings is 1. The van der Waals surface area contributed by atoms with Gasteiger partial charge in [0.2, 0.25) is 5.91 Å². The van der Waals surface area contributed by atoms with Gasteiger partial charge < -0.3 is 14.6 Å². The van der Waals surface area contributed by atoms with E-state index in [1.165, 1.54) is 0 Å². The average Bonchev–Trinajstić information content (AvgIpc) is 2.64. The second kappa shape index (κ2) is 3.76. The maximum Gasteiger partial charge on any atom is 0.239 e. The first-order valence-corrected chi connectivity index (χ1v) is 4.78. The Morgan fingerprint density at radius 2 is 2.40 bits per heavy atom. The Kier molecular flexibility index (Phi) is 2.45. The van der Waals surface area contributed by atoms with Crippen LogP contribution in [0.15, 0.2) is 16.5 Å². The number of furan rings is 1. The van der Waals surface area contributed by atoms with E-state index in [0.29, 0.717) is 18.7 Å². The van der Waals surface area contributed by atoms with E-state index >= 15 is 0 Å². The summed E-state index contributed by atoms with van der Waals surface area (Å²) in [6, 6.07) is 3.39. The number of anilines is 1. The van der Waals surface area contributed by atoms with Gasteiger partial charge in [-0.2, -0.15) is 0 Å². The summed E-state index contributed by atoms with van der Waals surface area (Å²) >= 11 is 0. The van der Waals surface area contributed by atoms with Crippen LogP contribution in [0.1, 0.15) is 17.5 Å². The lowest BCUT2D eigenvalue weighted by molar-refractivity contribution is -0.121. The van der Waals surface area contributed by atoms with E-state index < -0.39 is 0 Å². The van der Waals surface area contributed by atoms with Crippen LogP contribution in [0.4, 0.5) is 5.88 Å². The summed E-state index contributed by atoms with van der Waals surface area (Å²) in [5, 5.41) is 2.81. The molecule has 0 radical (unpaired) electrons. The molecule has 1 N–H and O–H groups in total. The largest absolute Gasteiger partial charge is 0.438 e. The molecule has 0 saturated carbocycles. The van der Waals surface area contributed by atoms with E-state index in [1.54, 1.807) is 12.1 Å². The molecule has 1 atom stereocenters. The summed E-state index contributed by atoms with van der Waals surface area (Å²) in [6.45, 7) is 2.89. The minimum Gasteiger partial charge on any atom is -0.438 e. The van der Waals surface area contributed by atoms with Crippen molar-refractivity contribution in [3.8, 4) is 0 Å². The number of aldehydes is 1. The molecule has 1 unspecified atom stereocenters. The second-order valence-corrected chi connectivity index (χ2v) is 3.64. The van der Waals surface area contributed by atoms with Crippen LogP contribution < -0.4 is 10.2 Å². The number of hydrogen-bond donors (Lipinski definition) is 1. The zero-order valence-corrected chi connectivity index (χ0v) is 8.40. The van der Waals surface area contributed by atoms with Crippen molar-refractivity contribution in [2.45, 2.75) is 13.0 Å². The van der Waals surface area contributed by atoms with Crippen molar-refractivity contribution in [1.82, 2.24) is 5.32 Å². The first kappa shape index (κ1) is 9.76.